The number of carbonyl (C=O) groups excluding carboxylic acids is 2. The number of nitrogens with zero attached hydrogens (tertiary/aromatic N) is 1. The quantitative estimate of drug-likeness (QED) is 0.742. The molecule has 2 amide bonds. The summed E-state index contributed by atoms with van der Waals surface area (Å²) in [7, 11) is 1.50. The fraction of sp³-hybridized carbons (Fsp3) is 0.500. The number of benzene rings is 1. The Labute approximate surface area is 143 Å². The zero-order valence-corrected chi connectivity index (χ0v) is 14.7. The molecule has 0 fully saturated rings. The summed E-state index contributed by atoms with van der Waals surface area (Å²) in [6.07, 6.45) is 0. The molecular formula is C16H26ClN3O3. The largest absolute Gasteiger partial charge is 0.383 e. The highest BCUT2D eigenvalue weighted by Crippen LogP contribution is 2.08. The minimum Gasteiger partial charge on any atom is -0.383 e. The van der Waals surface area contributed by atoms with Gasteiger partial charge in [-0.2, -0.15) is 0 Å². The number of methoxy groups -OCH3 is 1. The average Bonchev–Trinajstić information content (AvgIpc) is 2.54. The highest BCUT2D eigenvalue weighted by atomic mass is 35.5. The molecule has 7 heteroatoms. The normalized spacial score (nSPS) is 11.3. The summed E-state index contributed by atoms with van der Waals surface area (Å²) >= 11 is 0. The van der Waals surface area contributed by atoms with Crippen molar-refractivity contribution in [3.8, 4) is 0 Å². The minimum atomic E-state index is -0.673. The lowest BCUT2D eigenvalue weighted by molar-refractivity contribution is -0.123. The molecule has 6 nitrogen and oxygen atoms in total. The molecule has 0 spiro atoms. The molecule has 23 heavy (non-hydrogen) atoms. The lowest BCUT2D eigenvalue weighted by atomic mass is 10.1. The van der Waals surface area contributed by atoms with Gasteiger partial charge in [0, 0.05) is 32.3 Å². The van der Waals surface area contributed by atoms with E-state index in [9.17, 15) is 9.59 Å². The Morgan fingerprint density at radius 2 is 1.78 bits per heavy atom. The first-order valence-electron chi connectivity index (χ1n) is 7.43. The second-order valence-corrected chi connectivity index (χ2v) is 4.95. The lowest BCUT2D eigenvalue weighted by Gasteiger charge is -2.18. The second kappa shape index (κ2) is 11.0. The van der Waals surface area contributed by atoms with Gasteiger partial charge in [0.05, 0.1) is 6.61 Å². The molecule has 0 heterocycles. The first kappa shape index (κ1) is 21.4. The van der Waals surface area contributed by atoms with Crippen LogP contribution in [-0.4, -0.2) is 49.6 Å². The molecule has 0 aliphatic carbocycles. The zero-order chi connectivity index (χ0) is 16.5. The van der Waals surface area contributed by atoms with Gasteiger partial charge in [0.25, 0.3) is 5.91 Å². The molecule has 3 N–H and O–H groups in total. The van der Waals surface area contributed by atoms with Crippen molar-refractivity contribution >= 4 is 24.2 Å². The van der Waals surface area contributed by atoms with Gasteiger partial charge in [-0.05, 0) is 31.5 Å². The smallest absolute Gasteiger partial charge is 0.253 e. The van der Waals surface area contributed by atoms with Crippen LogP contribution in [0.2, 0.25) is 0 Å². The van der Waals surface area contributed by atoms with Crippen LogP contribution in [-0.2, 0) is 16.1 Å². The molecule has 1 aromatic carbocycles. The Balaban J connectivity index is 0.00000484. The molecule has 130 valence electrons. The molecule has 1 rings (SSSR count). The number of amides is 2. The van der Waals surface area contributed by atoms with Crippen molar-refractivity contribution in [1.82, 2.24) is 10.2 Å². The van der Waals surface area contributed by atoms with E-state index in [1.54, 1.807) is 17.0 Å². The van der Waals surface area contributed by atoms with Gasteiger partial charge in [0.2, 0.25) is 5.91 Å². The number of nitrogens with two attached hydrogens (primary N) is 1. The van der Waals surface area contributed by atoms with Gasteiger partial charge in [-0.3, -0.25) is 9.59 Å². The number of rotatable bonds is 8. The third-order valence-electron chi connectivity index (χ3n) is 3.40. The SMILES string of the molecule is CCN(CC)C(=O)c1ccc(CNC(=O)C(N)COC)cc1.Cl. The van der Waals surface area contributed by atoms with Crippen molar-refractivity contribution in [1.29, 1.82) is 0 Å². The molecule has 1 atom stereocenters. The third-order valence-corrected chi connectivity index (χ3v) is 3.40. The summed E-state index contributed by atoms with van der Waals surface area (Å²) < 4.78 is 4.83. The van der Waals surface area contributed by atoms with E-state index in [0.717, 1.165) is 5.56 Å². The predicted octanol–water partition coefficient (Wildman–Crippen LogP) is 1.18. The lowest BCUT2D eigenvalue weighted by Crippen LogP contribution is -2.43. The third kappa shape index (κ3) is 6.56. The van der Waals surface area contributed by atoms with Gasteiger partial charge in [-0.25, -0.2) is 0 Å². The van der Waals surface area contributed by atoms with Crippen LogP contribution in [0.1, 0.15) is 29.8 Å². The molecule has 0 aromatic heterocycles. The van der Waals surface area contributed by atoms with Crippen LogP contribution in [0, 0.1) is 0 Å². The van der Waals surface area contributed by atoms with Crippen LogP contribution in [0.15, 0.2) is 24.3 Å². The van der Waals surface area contributed by atoms with E-state index < -0.39 is 6.04 Å². The second-order valence-electron chi connectivity index (χ2n) is 4.95. The number of carbonyl (C=O) groups is 2. The summed E-state index contributed by atoms with van der Waals surface area (Å²) in [5.41, 5.74) is 7.19. The number of nitrogens with one attached hydrogen (secondary N) is 1. The summed E-state index contributed by atoms with van der Waals surface area (Å²) in [4.78, 5) is 25.6. The van der Waals surface area contributed by atoms with Crippen LogP contribution < -0.4 is 11.1 Å². The van der Waals surface area contributed by atoms with E-state index in [2.05, 4.69) is 5.32 Å². The fourth-order valence-electron chi connectivity index (χ4n) is 2.03. The standard InChI is InChI=1S/C16H25N3O3.ClH/c1-4-19(5-2)16(21)13-8-6-12(7-9-13)10-18-15(20)14(17)11-22-3;/h6-9,14H,4-5,10-11,17H2,1-3H3,(H,18,20);1H. The van der Waals surface area contributed by atoms with Gasteiger partial charge in [-0.1, -0.05) is 12.1 Å². The summed E-state index contributed by atoms with van der Waals surface area (Å²) in [5, 5.41) is 2.74. The molecule has 0 saturated heterocycles. The Kier molecular flexibility index (Phi) is 10.2. The van der Waals surface area contributed by atoms with Gasteiger partial charge in [-0.15, -0.1) is 12.4 Å². The maximum Gasteiger partial charge on any atom is 0.253 e. The monoisotopic (exact) mass is 343 g/mol. The molecule has 0 aliphatic rings. The van der Waals surface area contributed by atoms with Gasteiger partial charge in [0.1, 0.15) is 6.04 Å². The molecule has 1 aromatic rings. The summed E-state index contributed by atoms with van der Waals surface area (Å²) in [6.45, 7) is 5.83. The molecule has 0 radical (unpaired) electrons. The van der Waals surface area contributed by atoms with E-state index in [1.807, 2.05) is 26.0 Å². The topological polar surface area (TPSA) is 84.7 Å². The Morgan fingerprint density at radius 3 is 2.26 bits per heavy atom. The van der Waals surface area contributed by atoms with Crippen LogP contribution in [0.3, 0.4) is 0 Å². The Hall–Kier alpha value is -1.63. The molecule has 0 saturated carbocycles. The Morgan fingerprint density at radius 1 is 1.22 bits per heavy atom. The predicted molar refractivity (Wildman–Crippen MR) is 92.6 cm³/mol. The highest BCUT2D eigenvalue weighted by molar-refractivity contribution is 5.94. The van der Waals surface area contributed by atoms with Gasteiger partial charge < -0.3 is 20.7 Å². The van der Waals surface area contributed by atoms with Crippen LogP contribution in [0.5, 0.6) is 0 Å². The Bertz CT molecular complexity index is 490. The van der Waals surface area contributed by atoms with Gasteiger partial charge in [0.15, 0.2) is 0 Å². The number of hydrogen-bond donors (Lipinski definition) is 2. The first-order chi connectivity index (χ1) is 10.5. The van der Waals surface area contributed by atoms with E-state index in [1.165, 1.54) is 7.11 Å². The van der Waals surface area contributed by atoms with Crippen molar-refractivity contribution in [2.45, 2.75) is 26.4 Å². The maximum absolute atomic E-state index is 12.2. The molecular weight excluding hydrogens is 318 g/mol. The van der Waals surface area contributed by atoms with E-state index in [4.69, 9.17) is 10.5 Å². The minimum absolute atomic E-state index is 0. The highest BCUT2D eigenvalue weighted by Gasteiger charge is 2.13. The van der Waals surface area contributed by atoms with Crippen molar-refractivity contribution in [2.24, 2.45) is 5.73 Å². The summed E-state index contributed by atoms with van der Waals surface area (Å²) in [6, 6.07) is 6.54. The van der Waals surface area contributed by atoms with Crippen molar-refractivity contribution in [3.63, 3.8) is 0 Å². The van der Waals surface area contributed by atoms with Gasteiger partial charge >= 0.3 is 0 Å². The zero-order valence-electron chi connectivity index (χ0n) is 13.9. The average molecular weight is 344 g/mol. The molecule has 0 aliphatic heterocycles. The summed E-state index contributed by atoms with van der Waals surface area (Å²) in [5.74, 6) is -0.243. The van der Waals surface area contributed by atoms with Crippen LogP contribution >= 0.6 is 12.4 Å². The van der Waals surface area contributed by atoms with E-state index >= 15 is 0 Å². The van der Waals surface area contributed by atoms with Crippen molar-refractivity contribution in [3.05, 3.63) is 35.4 Å². The molecule has 1 unspecified atom stereocenters. The van der Waals surface area contributed by atoms with Crippen molar-refractivity contribution in [2.75, 3.05) is 26.8 Å². The maximum atomic E-state index is 12.2. The first-order valence-corrected chi connectivity index (χ1v) is 7.43. The number of hydrogen-bond acceptors (Lipinski definition) is 4. The number of ether oxygens (including phenoxy) is 1. The molecule has 0 bridgehead atoms. The van der Waals surface area contributed by atoms with E-state index in [-0.39, 0.29) is 30.8 Å². The fourth-order valence-corrected chi connectivity index (χ4v) is 2.03. The van der Waals surface area contributed by atoms with Crippen LogP contribution in [0.25, 0.3) is 0 Å². The number of halogens is 1. The van der Waals surface area contributed by atoms with Crippen molar-refractivity contribution < 1.29 is 14.3 Å². The van der Waals surface area contributed by atoms with Crippen LogP contribution in [0.4, 0.5) is 0 Å². The van der Waals surface area contributed by atoms with E-state index in [0.29, 0.717) is 25.2 Å².